The second kappa shape index (κ2) is 14.5. The number of nitrogens with one attached hydrogen (secondary N) is 2. The van der Waals surface area contributed by atoms with Gasteiger partial charge in [0.15, 0.2) is 5.03 Å². The number of nitrogens with zero attached hydrogens (tertiary/aromatic N) is 4. The van der Waals surface area contributed by atoms with Crippen molar-refractivity contribution >= 4 is 38.9 Å². The number of sulfonamides is 1. The standard InChI is InChI=1S/C34H41N7O6S/c1-22-16-41(23(2)20-42)34(44)27-15-26(38-48(45,46)32-19-40(4)21-36-32)13-14-30(27)47-31(22)18-39(3)17-24-9-11-25(12-10-24)33(43)37-29-8-6-5-7-28(29)35/h5-15,19,21-23,31,38,42H,16-18,20,35H2,1-4H3,(H,37,43)/t22-,23-,31+/m1/s1. The highest BCUT2D eigenvalue weighted by Crippen LogP contribution is 2.31. The maximum Gasteiger partial charge on any atom is 0.280 e. The molecule has 2 amide bonds. The number of rotatable bonds is 11. The molecule has 0 unspecified atom stereocenters. The lowest BCUT2D eigenvalue weighted by molar-refractivity contribution is 0.0341. The molecule has 0 saturated heterocycles. The number of aryl methyl sites for hydroxylation is 1. The Bertz CT molecular complexity index is 1880. The molecule has 0 spiro atoms. The van der Waals surface area contributed by atoms with Gasteiger partial charge in [-0.3, -0.25) is 19.2 Å². The first-order valence-corrected chi connectivity index (χ1v) is 17.0. The van der Waals surface area contributed by atoms with E-state index in [1.54, 1.807) is 67.4 Å². The Hall–Kier alpha value is -4.92. The van der Waals surface area contributed by atoms with E-state index in [1.807, 2.05) is 26.1 Å². The number of para-hydroxylation sites is 2. The summed E-state index contributed by atoms with van der Waals surface area (Å²) in [6.45, 7) is 4.91. The molecule has 0 saturated carbocycles. The zero-order valence-electron chi connectivity index (χ0n) is 27.3. The van der Waals surface area contributed by atoms with Gasteiger partial charge in [0.1, 0.15) is 11.9 Å². The number of anilines is 3. The molecule has 0 radical (unpaired) electrons. The Morgan fingerprint density at radius 1 is 1.17 bits per heavy atom. The van der Waals surface area contributed by atoms with Crippen LogP contribution in [0.4, 0.5) is 17.1 Å². The van der Waals surface area contributed by atoms with Crippen LogP contribution in [0.15, 0.2) is 84.3 Å². The van der Waals surface area contributed by atoms with Gasteiger partial charge < -0.3 is 30.4 Å². The predicted octanol–water partition coefficient (Wildman–Crippen LogP) is 3.41. The van der Waals surface area contributed by atoms with Crippen molar-refractivity contribution in [3.8, 4) is 5.75 Å². The summed E-state index contributed by atoms with van der Waals surface area (Å²) in [7, 11) is -0.370. The van der Waals surface area contributed by atoms with Crippen molar-refractivity contribution in [3.05, 3.63) is 95.9 Å². The van der Waals surface area contributed by atoms with Crippen LogP contribution in [-0.4, -0.2) is 83.6 Å². The number of amides is 2. The minimum absolute atomic E-state index is 0.114. The third-order valence-corrected chi connectivity index (χ3v) is 9.51. The van der Waals surface area contributed by atoms with Crippen molar-refractivity contribution in [1.29, 1.82) is 0 Å². The van der Waals surface area contributed by atoms with Crippen molar-refractivity contribution in [1.82, 2.24) is 19.4 Å². The number of nitrogen functional groups attached to an aromatic ring is 1. The monoisotopic (exact) mass is 675 g/mol. The van der Waals surface area contributed by atoms with Crippen LogP contribution in [0.25, 0.3) is 0 Å². The van der Waals surface area contributed by atoms with Gasteiger partial charge in [0, 0.05) is 50.0 Å². The van der Waals surface area contributed by atoms with Gasteiger partial charge in [-0.25, -0.2) is 4.98 Å². The Balaban J connectivity index is 1.31. The van der Waals surface area contributed by atoms with Crippen LogP contribution in [0.5, 0.6) is 5.75 Å². The fourth-order valence-corrected chi connectivity index (χ4v) is 6.52. The van der Waals surface area contributed by atoms with E-state index in [0.29, 0.717) is 42.3 Å². The Labute approximate surface area is 280 Å². The van der Waals surface area contributed by atoms with Gasteiger partial charge in [0.2, 0.25) is 0 Å². The number of aliphatic hydroxyl groups is 1. The maximum atomic E-state index is 13.8. The second-order valence-electron chi connectivity index (χ2n) is 12.3. The van der Waals surface area contributed by atoms with Gasteiger partial charge in [-0.05, 0) is 62.0 Å². The number of fused-ring (bicyclic) bond motifs is 1. The van der Waals surface area contributed by atoms with Crippen LogP contribution in [0.2, 0.25) is 0 Å². The fraction of sp³-hybridized carbons (Fsp3) is 0.324. The molecule has 14 heteroatoms. The number of carbonyl (C=O) groups is 2. The minimum atomic E-state index is -4.00. The summed E-state index contributed by atoms with van der Waals surface area (Å²) in [4.78, 5) is 34.2. The summed E-state index contributed by atoms with van der Waals surface area (Å²) in [5, 5.41) is 12.7. The van der Waals surface area contributed by atoms with Gasteiger partial charge in [-0.2, -0.15) is 8.42 Å². The number of likely N-dealkylation sites (N-methyl/N-ethyl adjacent to an activating group) is 1. The van der Waals surface area contributed by atoms with E-state index < -0.39 is 16.1 Å². The number of carbonyl (C=O) groups excluding carboxylic acids is 2. The van der Waals surface area contributed by atoms with Crippen LogP contribution < -0.4 is 20.5 Å². The number of ether oxygens (including phenoxy) is 1. The van der Waals surface area contributed by atoms with Gasteiger partial charge in [-0.1, -0.05) is 31.2 Å². The highest BCUT2D eigenvalue weighted by atomic mass is 32.2. The Morgan fingerprint density at radius 3 is 2.56 bits per heavy atom. The van der Waals surface area contributed by atoms with Gasteiger partial charge in [0.05, 0.1) is 35.9 Å². The van der Waals surface area contributed by atoms with Crippen LogP contribution in [-0.2, 0) is 23.6 Å². The number of aliphatic hydroxyl groups excluding tert-OH is 1. The van der Waals surface area contributed by atoms with Crippen molar-refractivity contribution in [2.75, 3.05) is 42.5 Å². The van der Waals surface area contributed by atoms with E-state index in [2.05, 4.69) is 19.9 Å². The number of imidazole rings is 1. The summed E-state index contributed by atoms with van der Waals surface area (Å²) >= 11 is 0. The molecule has 1 aliphatic rings. The molecule has 5 rings (SSSR count). The summed E-state index contributed by atoms with van der Waals surface area (Å²) in [6, 6.07) is 18.5. The zero-order valence-corrected chi connectivity index (χ0v) is 28.1. The summed E-state index contributed by atoms with van der Waals surface area (Å²) < 4.78 is 36.4. The average Bonchev–Trinajstić information content (AvgIpc) is 3.51. The Morgan fingerprint density at radius 2 is 1.90 bits per heavy atom. The van der Waals surface area contributed by atoms with Crippen molar-refractivity contribution in [2.24, 2.45) is 13.0 Å². The average molecular weight is 676 g/mol. The molecule has 1 aromatic heterocycles. The topological polar surface area (TPSA) is 172 Å². The van der Waals surface area contributed by atoms with Crippen molar-refractivity contribution in [2.45, 2.75) is 37.6 Å². The number of nitrogens with two attached hydrogens (primary N) is 1. The smallest absolute Gasteiger partial charge is 0.280 e. The highest BCUT2D eigenvalue weighted by Gasteiger charge is 2.34. The van der Waals surface area contributed by atoms with E-state index in [9.17, 15) is 23.1 Å². The molecule has 13 nitrogen and oxygen atoms in total. The van der Waals surface area contributed by atoms with Gasteiger partial charge in [-0.15, -0.1) is 0 Å². The van der Waals surface area contributed by atoms with Gasteiger partial charge in [0.25, 0.3) is 21.8 Å². The highest BCUT2D eigenvalue weighted by molar-refractivity contribution is 7.92. The normalized spacial score (nSPS) is 17.2. The van der Waals surface area contributed by atoms with E-state index in [0.717, 1.165) is 5.56 Å². The molecule has 2 heterocycles. The lowest BCUT2D eigenvalue weighted by atomic mass is 9.99. The Kier molecular flexibility index (Phi) is 10.4. The number of benzene rings is 3. The minimum Gasteiger partial charge on any atom is -0.488 e. The van der Waals surface area contributed by atoms with Crippen LogP contribution in [0.1, 0.15) is 40.1 Å². The zero-order chi connectivity index (χ0) is 34.6. The molecule has 3 atom stereocenters. The fourth-order valence-electron chi connectivity index (χ4n) is 5.49. The summed E-state index contributed by atoms with van der Waals surface area (Å²) in [5.41, 5.74) is 8.85. The van der Waals surface area contributed by atoms with Crippen LogP contribution in [0, 0.1) is 5.92 Å². The van der Waals surface area contributed by atoms with Crippen molar-refractivity contribution < 1.29 is 27.9 Å². The molecule has 0 fully saturated rings. The summed E-state index contributed by atoms with van der Waals surface area (Å²) in [6.07, 6.45) is 2.41. The number of hydrogen-bond donors (Lipinski definition) is 4. The number of aromatic nitrogens is 2. The third-order valence-electron chi connectivity index (χ3n) is 8.24. The molecule has 4 aromatic rings. The summed E-state index contributed by atoms with van der Waals surface area (Å²) in [5.74, 6) is -0.428. The lowest BCUT2D eigenvalue weighted by Gasteiger charge is -2.38. The van der Waals surface area contributed by atoms with E-state index in [-0.39, 0.29) is 46.7 Å². The van der Waals surface area contributed by atoms with Gasteiger partial charge >= 0.3 is 0 Å². The molecule has 3 aromatic carbocycles. The van der Waals surface area contributed by atoms with Crippen LogP contribution in [0.3, 0.4) is 0 Å². The molecule has 48 heavy (non-hydrogen) atoms. The molecule has 0 bridgehead atoms. The molecular weight excluding hydrogens is 634 g/mol. The first-order chi connectivity index (χ1) is 22.8. The molecule has 0 aliphatic carbocycles. The first kappa shape index (κ1) is 34.4. The van der Waals surface area contributed by atoms with E-state index in [4.69, 9.17) is 10.5 Å². The molecular formula is C34H41N7O6S. The molecule has 1 aliphatic heterocycles. The van der Waals surface area contributed by atoms with E-state index in [1.165, 1.54) is 23.2 Å². The second-order valence-corrected chi connectivity index (χ2v) is 13.9. The maximum absolute atomic E-state index is 13.8. The largest absolute Gasteiger partial charge is 0.488 e. The SMILES string of the molecule is C[C@@H]1CN([C@H](C)CO)C(=O)c2cc(NS(=O)(=O)c3cn(C)cn3)ccc2O[C@H]1CN(C)Cc1ccc(C(=O)Nc2ccccc2N)cc1. The lowest BCUT2D eigenvalue weighted by Crippen LogP contribution is -2.49. The first-order valence-electron chi connectivity index (χ1n) is 15.5. The molecule has 254 valence electrons. The third kappa shape index (κ3) is 7.95. The quantitative estimate of drug-likeness (QED) is 0.174. The molecule has 5 N–H and O–H groups in total. The van der Waals surface area contributed by atoms with Crippen LogP contribution >= 0.6 is 0 Å². The van der Waals surface area contributed by atoms with Crippen molar-refractivity contribution in [3.63, 3.8) is 0 Å². The number of hydrogen-bond acceptors (Lipinski definition) is 9. The predicted molar refractivity (Wildman–Crippen MR) is 183 cm³/mol. The van der Waals surface area contributed by atoms with E-state index >= 15 is 0 Å².